The smallest absolute Gasteiger partial charge is 0.321 e. The molecule has 0 atom stereocenters. The highest BCUT2D eigenvalue weighted by atomic mass is 35.5. The quantitative estimate of drug-likeness (QED) is 0.868. The van der Waals surface area contributed by atoms with Gasteiger partial charge in [0.25, 0.3) is 0 Å². The Balaban J connectivity index is 2.51. The molecule has 0 saturated carbocycles. The fraction of sp³-hybridized carbons (Fsp3) is 0.182. The van der Waals surface area contributed by atoms with Crippen LogP contribution in [0.5, 0.6) is 11.8 Å². The zero-order valence-corrected chi connectivity index (χ0v) is 11.2. The molecule has 0 aliphatic heterocycles. The molecule has 0 bridgehead atoms. The monoisotopic (exact) mass is 285 g/mol. The number of aromatic nitrogens is 3. The summed E-state index contributed by atoms with van der Waals surface area (Å²) in [5, 5.41) is 0.569. The van der Waals surface area contributed by atoms with Gasteiger partial charge in [0.15, 0.2) is 5.82 Å². The first-order chi connectivity index (χ1) is 8.63. The highest BCUT2D eigenvalue weighted by Crippen LogP contribution is 2.29. The van der Waals surface area contributed by atoms with Crippen LogP contribution in [0.4, 0.5) is 0 Å². The van der Waals surface area contributed by atoms with Gasteiger partial charge in [-0.3, -0.25) is 0 Å². The van der Waals surface area contributed by atoms with Gasteiger partial charge in [0.1, 0.15) is 5.75 Å². The van der Waals surface area contributed by atoms with Crippen LogP contribution in [0.3, 0.4) is 0 Å². The minimum Gasteiger partial charge on any atom is -0.495 e. The van der Waals surface area contributed by atoms with Crippen LogP contribution in [0.2, 0.25) is 10.3 Å². The van der Waals surface area contributed by atoms with Gasteiger partial charge in [-0.05, 0) is 29.8 Å². The molecule has 0 fully saturated rings. The van der Waals surface area contributed by atoms with Gasteiger partial charge in [0.05, 0.1) is 19.2 Å². The van der Waals surface area contributed by atoms with E-state index in [0.717, 1.165) is 0 Å². The Morgan fingerprint density at radius 1 is 1.00 bits per heavy atom. The summed E-state index contributed by atoms with van der Waals surface area (Å²) in [5.74, 6) is 0.923. The van der Waals surface area contributed by atoms with E-state index in [4.69, 9.17) is 32.7 Å². The molecule has 0 radical (unpaired) electrons. The normalized spacial score (nSPS) is 10.2. The van der Waals surface area contributed by atoms with Crippen LogP contribution in [0.25, 0.3) is 11.4 Å². The molecule has 0 amide bonds. The van der Waals surface area contributed by atoms with E-state index in [-0.39, 0.29) is 11.3 Å². The van der Waals surface area contributed by atoms with Gasteiger partial charge >= 0.3 is 6.01 Å². The molecule has 1 heterocycles. The second-order valence-corrected chi connectivity index (χ2v) is 4.01. The lowest BCUT2D eigenvalue weighted by atomic mass is 10.2. The van der Waals surface area contributed by atoms with Crippen LogP contribution < -0.4 is 9.47 Å². The summed E-state index contributed by atoms with van der Waals surface area (Å²) in [6.45, 7) is 0. The number of hydrogen-bond donors (Lipinski definition) is 0. The Labute approximate surface area is 114 Å². The zero-order chi connectivity index (χ0) is 13.1. The maximum atomic E-state index is 5.94. The largest absolute Gasteiger partial charge is 0.495 e. The molecule has 0 aliphatic carbocycles. The Morgan fingerprint density at radius 3 is 2.44 bits per heavy atom. The Hall–Kier alpha value is -1.59. The molecule has 0 aliphatic rings. The maximum Gasteiger partial charge on any atom is 0.321 e. The standard InChI is InChI=1S/C11H9Cl2N3O2/c1-17-8-5-6(3-4-7(8)12)9-14-10(13)16-11(15-9)18-2/h3-5H,1-2H3. The number of benzene rings is 1. The molecule has 2 rings (SSSR count). The summed E-state index contributed by atoms with van der Waals surface area (Å²) in [6, 6.07) is 5.32. The molecule has 94 valence electrons. The van der Waals surface area contributed by atoms with Crippen molar-refractivity contribution in [1.29, 1.82) is 0 Å². The number of hydrogen-bond acceptors (Lipinski definition) is 5. The first-order valence-corrected chi connectivity index (χ1v) is 5.69. The molecule has 0 unspecified atom stereocenters. The van der Waals surface area contributed by atoms with E-state index < -0.39 is 0 Å². The molecular formula is C11H9Cl2N3O2. The third-order valence-corrected chi connectivity index (χ3v) is 2.66. The van der Waals surface area contributed by atoms with Crippen molar-refractivity contribution in [2.45, 2.75) is 0 Å². The van der Waals surface area contributed by atoms with Crippen molar-refractivity contribution in [3.8, 4) is 23.1 Å². The SMILES string of the molecule is COc1nc(Cl)nc(-c2ccc(Cl)c(OC)c2)n1. The Morgan fingerprint density at radius 2 is 1.78 bits per heavy atom. The zero-order valence-electron chi connectivity index (χ0n) is 9.65. The summed E-state index contributed by atoms with van der Waals surface area (Å²) >= 11 is 11.7. The van der Waals surface area contributed by atoms with Gasteiger partial charge in [-0.15, -0.1) is 0 Å². The molecule has 0 spiro atoms. The first-order valence-electron chi connectivity index (χ1n) is 4.93. The highest BCUT2D eigenvalue weighted by Gasteiger charge is 2.10. The Bertz CT molecular complexity index is 578. The highest BCUT2D eigenvalue weighted by molar-refractivity contribution is 6.32. The first kappa shape index (κ1) is 12.9. The average Bonchev–Trinajstić information content (AvgIpc) is 2.38. The van der Waals surface area contributed by atoms with E-state index in [1.807, 2.05) is 0 Å². The lowest BCUT2D eigenvalue weighted by Crippen LogP contribution is -1.98. The summed E-state index contributed by atoms with van der Waals surface area (Å²) in [4.78, 5) is 11.9. The molecule has 18 heavy (non-hydrogen) atoms. The van der Waals surface area contributed by atoms with Gasteiger partial charge in [0, 0.05) is 5.56 Å². The second kappa shape index (κ2) is 5.37. The lowest BCUT2D eigenvalue weighted by molar-refractivity contribution is 0.378. The predicted octanol–water partition coefficient (Wildman–Crippen LogP) is 2.86. The molecule has 1 aromatic heterocycles. The van der Waals surface area contributed by atoms with Gasteiger partial charge in [-0.2, -0.15) is 15.0 Å². The molecular weight excluding hydrogens is 277 g/mol. The molecule has 5 nitrogen and oxygen atoms in total. The van der Waals surface area contributed by atoms with Gasteiger partial charge in [-0.1, -0.05) is 11.6 Å². The van der Waals surface area contributed by atoms with Gasteiger partial charge in [-0.25, -0.2) is 0 Å². The molecule has 7 heteroatoms. The van der Waals surface area contributed by atoms with E-state index in [1.54, 1.807) is 18.2 Å². The fourth-order valence-electron chi connectivity index (χ4n) is 1.35. The van der Waals surface area contributed by atoms with Crippen LogP contribution in [-0.2, 0) is 0 Å². The lowest BCUT2D eigenvalue weighted by Gasteiger charge is -2.06. The van der Waals surface area contributed by atoms with Crippen LogP contribution in [0.15, 0.2) is 18.2 Å². The molecule has 0 saturated heterocycles. The summed E-state index contributed by atoms with van der Waals surface area (Å²) in [5.41, 5.74) is 0.707. The van der Waals surface area contributed by atoms with Gasteiger partial charge in [0.2, 0.25) is 5.28 Å². The van der Waals surface area contributed by atoms with Crippen molar-refractivity contribution in [2.75, 3.05) is 14.2 Å². The number of rotatable bonds is 3. The summed E-state index contributed by atoms with van der Waals surface area (Å²) < 4.78 is 10.1. The minimum absolute atomic E-state index is 0.0609. The van der Waals surface area contributed by atoms with Crippen LogP contribution in [0.1, 0.15) is 0 Å². The Kier molecular flexibility index (Phi) is 3.84. The van der Waals surface area contributed by atoms with Crippen LogP contribution in [0, 0.1) is 0 Å². The third-order valence-electron chi connectivity index (χ3n) is 2.18. The third kappa shape index (κ3) is 2.63. The summed E-state index contributed by atoms with van der Waals surface area (Å²) in [6.07, 6.45) is 0. The van der Waals surface area contributed by atoms with E-state index in [0.29, 0.717) is 22.2 Å². The van der Waals surface area contributed by atoms with Crippen LogP contribution in [-0.4, -0.2) is 29.2 Å². The fourth-order valence-corrected chi connectivity index (χ4v) is 1.70. The average molecular weight is 286 g/mol. The van der Waals surface area contributed by atoms with Crippen molar-refractivity contribution in [2.24, 2.45) is 0 Å². The minimum atomic E-state index is 0.0609. The van der Waals surface area contributed by atoms with Crippen LogP contribution >= 0.6 is 23.2 Å². The number of nitrogens with zero attached hydrogens (tertiary/aromatic N) is 3. The number of methoxy groups -OCH3 is 2. The van der Waals surface area contributed by atoms with Crippen molar-refractivity contribution >= 4 is 23.2 Å². The molecule has 0 N–H and O–H groups in total. The molecule has 2 aromatic rings. The number of ether oxygens (including phenoxy) is 2. The van der Waals surface area contributed by atoms with Crippen molar-refractivity contribution < 1.29 is 9.47 Å². The van der Waals surface area contributed by atoms with Crippen molar-refractivity contribution in [3.63, 3.8) is 0 Å². The second-order valence-electron chi connectivity index (χ2n) is 3.26. The summed E-state index contributed by atoms with van der Waals surface area (Å²) in [7, 11) is 2.99. The topological polar surface area (TPSA) is 57.1 Å². The van der Waals surface area contributed by atoms with Crippen molar-refractivity contribution in [3.05, 3.63) is 28.5 Å². The van der Waals surface area contributed by atoms with Crippen molar-refractivity contribution in [1.82, 2.24) is 15.0 Å². The van der Waals surface area contributed by atoms with E-state index >= 15 is 0 Å². The van der Waals surface area contributed by atoms with E-state index in [9.17, 15) is 0 Å². The maximum absolute atomic E-state index is 5.94. The van der Waals surface area contributed by atoms with E-state index in [1.165, 1.54) is 14.2 Å². The number of halogens is 2. The predicted molar refractivity (Wildman–Crippen MR) is 68.4 cm³/mol. The molecule has 1 aromatic carbocycles. The van der Waals surface area contributed by atoms with E-state index in [2.05, 4.69) is 15.0 Å². The van der Waals surface area contributed by atoms with Gasteiger partial charge < -0.3 is 9.47 Å².